The van der Waals surface area contributed by atoms with E-state index in [0.717, 1.165) is 5.75 Å². The van der Waals surface area contributed by atoms with Crippen LogP contribution in [0.1, 0.15) is 12.8 Å². The molecule has 0 saturated heterocycles. The monoisotopic (exact) mass is 208 g/mol. The van der Waals surface area contributed by atoms with Crippen molar-refractivity contribution < 1.29 is 4.79 Å². The first-order valence-electron chi connectivity index (χ1n) is 4.46. The molecule has 0 spiro atoms. The van der Waals surface area contributed by atoms with Crippen LogP contribution in [0.5, 0.6) is 0 Å². The number of hydrogen-bond donors (Lipinski definition) is 1. The van der Waals surface area contributed by atoms with Crippen LogP contribution in [-0.2, 0) is 4.79 Å². The zero-order chi connectivity index (χ0) is 10.4. The topological polar surface area (TPSA) is 52.9 Å². The van der Waals surface area contributed by atoms with Gasteiger partial charge in [0, 0.05) is 12.3 Å². The van der Waals surface area contributed by atoms with Gasteiger partial charge in [0.25, 0.3) is 0 Å². The summed E-state index contributed by atoms with van der Waals surface area (Å²) in [6, 6.07) is 2.05. The van der Waals surface area contributed by atoms with E-state index in [9.17, 15) is 4.79 Å². The van der Waals surface area contributed by atoms with Crippen molar-refractivity contribution in [2.75, 3.05) is 18.1 Å². The van der Waals surface area contributed by atoms with Gasteiger partial charge in [0.2, 0.25) is 5.91 Å². The van der Waals surface area contributed by atoms with E-state index in [1.807, 2.05) is 0 Å². The molecule has 1 N–H and O–H groups in total. The smallest absolute Gasteiger partial charge is 0.240 e. The SMILES string of the molecule is C#CCSCCNC(=O)C1(C#N)CC1. The zero-order valence-electron chi connectivity index (χ0n) is 7.88. The summed E-state index contributed by atoms with van der Waals surface area (Å²) in [5, 5.41) is 11.5. The summed E-state index contributed by atoms with van der Waals surface area (Å²) in [4.78, 5) is 11.4. The van der Waals surface area contributed by atoms with Gasteiger partial charge >= 0.3 is 0 Å². The lowest BCUT2D eigenvalue weighted by Crippen LogP contribution is -2.32. The molecule has 0 aliphatic heterocycles. The van der Waals surface area contributed by atoms with Gasteiger partial charge in [-0.15, -0.1) is 18.2 Å². The first-order chi connectivity index (χ1) is 6.75. The molecule has 1 amide bonds. The first kappa shape index (κ1) is 10.9. The molecule has 1 saturated carbocycles. The minimum atomic E-state index is -0.698. The Kier molecular flexibility index (Phi) is 3.85. The van der Waals surface area contributed by atoms with Crippen LogP contribution in [0.15, 0.2) is 0 Å². The maximum Gasteiger partial charge on any atom is 0.240 e. The van der Waals surface area contributed by atoms with Crippen molar-refractivity contribution in [1.29, 1.82) is 5.26 Å². The van der Waals surface area contributed by atoms with Gasteiger partial charge in [0.15, 0.2) is 0 Å². The van der Waals surface area contributed by atoms with E-state index in [1.165, 1.54) is 0 Å². The highest BCUT2D eigenvalue weighted by Gasteiger charge is 2.50. The number of nitriles is 1. The van der Waals surface area contributed by atoms with Crippen molar-refractivity contribution in [2.24, 2.45) is 5.41 Å². The number of nitrogens with one attached hydrogen (secondary N) is 1. The molecule has 0 unspecified atom stereocenters. The molecule has 0 aromatic carbocycles. The third kappa shape index (κ3) is 2.68. The van der Waals surface area contributed by atoms with Crippen molar-refractivity contribution in [3.8, 4) is 18.4 Å². The van der Waals surface area contributed by atoms with Gasteiger partial charge in [0.1, 0.15) is 5.41 Å². The largest absolute Gasteiger partial charge is 0.354 e. The Morgan fingerprint density at radius 3 is 2.86 bits per heavy atom. The summed E-state index contributed by atoms with van der Waals surface area (Å²) >= 11 is 1.60. The molecule has 0 radical (unpaired) electrons. The lowest BCUT2D eigenvalue weighted by atomic mass is 10.1. The Balaban J connectivity index is 2.11. The fourth-order valence-corrected chi connectivity index (χ4v) is 1.56. The molecule has 0 aromatic heterocycles. The molecule has 1 rings (SSSR count). The summed E-state index contributed by atoms with van der Waals surface area (Å²) in [5.74, 6) is 3.85. The van der Waals surface area contributed by atoms with Gasteiger partial charge in [-0.1, -0.05) is 5.92 Å². The number of terminal acetylenes is 1. The number of rotatable bonds is 5. The third-order valence-corrected chi connectivity index (χ3v) is 2.98. The maximum atomic E-state index is 11.4. The second-order valence-electron chi connectivity index (χ2n) is 3.21. The van der Waals surface area contributed by atoms with Crippen molar-refractivity contribution in [2.45, 2.75) is 12.8 Å². The quantitative estimate of drug-likeness (QED) is 0.536. The van der Waals surface area contributed by atoms with Crippen LogP contribution in [0.4, 0.5) is 0 Å². The summed E-state index contributed by atoms with van der Waals surface area (Å²) in [6.07, 6.45) is 6.47. The number of nitrogens with zero attached hydrogens (tertiary/aromatic N) is 1. The zero-order valence-corrected chi connectivity index (χ0v) is 8.69. The van der Waals surface area contributed by atoms with Crippen molar-refractivity contribution in [1.82, 2.24) is 5.32 Å². The predicted molar refractivity (Wildman–Crippen MR) is 56.4 cm³/mol. The second kappa shape index (κ2) is 4.93. The molecule has 0 aromatic rings. The molecule has 1 aliphatic carbocycles. The molecular weight excluding hydrogens is 196 g/mol. The van der Waals surface area contributed by atoms with Gasteiger partial charge in [-0.25, -0.2) is 0 Å². The van der Waals surface area contributed by atoms with Crippen LogP contribution < -0.4 is 5.32 Å². The molecule has 4 heteroatoms. The molecule has 14 heavy (non-hydrogen) atoms. The molecule has 0 atom stereocenters. The van der Waals surface area contributed by atoms with Crippen LogP contribution >= 0.6 is 11.8 Å². The molecule has 3 nitrogen and oxygen atoms in total. The van der Waals surface area contributed by atoms with E-state index in [-0.39, 0.29) is 5.91 Å². The maximum absolute atomic E-state index is 11.4. The Labute approximate surface area is 88.2 Å². The standard InChI is InChI=1S/C10H12N2OS/c1-2-6-14-7-5-12-9(13)10(8-11)3-4-10/h1H,3-7H2,(H,12,13). The first-order valence-corrected chi connectivity index (χ1v) is 5.61. The molecule has 0 bridgehead atoms. The molecular formula is C10H12N2OS. The number of hydrogen-bond acceptors (Lipinski definition) is 3. The van der Waals surface area contributed by atoms with Crippen LogP contribution in [0.2, 0.25) is 0 Å². The van der Waals surface area contributed by atoms with Gasteiger partial charge in [-0.2, -0.15) is 5.26 Å². The highest BCUT2D eigenvalue weighted by molar-refractivity contribution is 7.99. The van der Waals surface area contributed by atoms with Crippen LogP contribution in [-0.4, -0.2) is 24.0 Å². The summed E-state index contributed by atoms with van der Waals surface area (Å²) in [7, 11) is 0. The van der Waals surface area contributed by atoms with E-state index in [1.54, 1.807) is 11.8 Å². The van der Waals surface area contributed by atoms with Gasteiger partial charge < -0.3 is 5.32 Å². The Morgan fingerprint density at radius 1 is 1.64 bits per heavy atom. The molecule has 0 heterocycles. The summed E-state index contributed by atoms with van der Waals surface area (Å²) in [6.45, 7) is 0.592. The number of carbonyl (C=O) groups excluding carboxylic acids is 1. The highest BCUT2D eigenvalue weighted by atomic mass is 32.2. The van der Waals surface area contributed by atoms with Crippen LogP contribution in [0.25, 0.3) is 0 Å². The van der Waals surface area contributed by atoms with E-state index in [4.69, 9.17) is 11.7 Å². The number of carbonyl (C=O) groups is 1. The second-order valence-corrected chi connectivity index (χ2v) is 4.31. The minimum Gasteiger partial charge on any atom is -0.354 e. The summed E-state index contributed by atoms with van der Waals surface area (Å²) < 4.78 is 0. The average molecular weight is 208 g/mol. The van der Waals surface area contributed by atoms with Crippen molar-refractivity contribution >= 4 is 17.7 Å². The third-order valence-electron chi connectivity index (χ3n) is 2.12. The van der Waals surface area contributed by atoms with Crippen LogP contribution in [0, 0.1) is 29.1 Å². The van der Waals surface area contributed by atoms with E-state index >= 15 is 0 Å². The lowest BCUT2D eigenvalue weighted by Gasteiger charge is -2.06. The van der Waals surface area contributed by atoms with Crippen LogP contribution in [0.3, 0.4) is 0 Å². The van der Waals surface area contributed by atoms with E-state index < -0.39 is 5.41 Å². The molecule has 1 aliphatic rings. The van der Waals surface area contributed by atoms with Crippen molar-refractivity contribution in [3.05, 3.63) is 0 Å². The van der Waals surface area contributed by atoms with Gasteiger partial charge in [-0.05, 0) is 12.8 Å². The number of thioether (sulfide) groups is 1. The van der Waals surface area contributed by atoms with Gasteiger partial charge in [-0.3, -0.25) is 4.79 Å². The summed E-state index contributed by atoms with van der Waals surface area (Å²) in [5.41, 5.74) is -0.698. The van der Waals surface area contributed by atoms with E-state index in [2.05, 4.69) is 17.3 Å². The van der Waals surface area contributed by atoms with E-state index in [0.29, 0.717) is 25.1 Å². The Hall–Kier alpha value is -1.13. The molecule has 1 fully saturated rings. The fourth-order valence-electron chi connectivity index (χ4n) is 1.05. The Morgan fingerprint density at radius 2 is 2.36 bits per heavy atom. The lowest BCUT2D eigenvalue weighted by molar-refractivity contribution is -0.124. The minimum absolute atomic E-state index is 0.124. The normalized spacial score (nSPS) is 16.4. The van der Waals surface area contributed by atoms with Gasteiger partial charge in [0.05, 0.1) is 11.8 Å². The number of amides is 1. The highest BCUT2D eigenvalue weighted by Crippen LogP contribution is 2.44. The average Bonchev–Trinajstić information content (AvgIpc) is 2.98. The Bertz CT molecular complexity index is 296. The predicted octanol–water partition coefficient (Wildman–Crippen LogP) is 0.773. The molecule has 74 valence electrons. The fraction of sp³-hybridized carbons (Fsp3) is 0.600. The van der Waals surface area contributed by atoms with Crippen molar-refractivity contribution in [3.63, 3.8) is 0 Å².